The highest BCUT2D eigenvalue weighted by molar-refractivity contribution is 6.18. The summed E-state index contributed by atoms with van der Waals surface area (Å²) in [4.78, 5) is 0. The third-order valence-corrected chi connectivity index (χ3v) is 2.21. The number of nitrogens with one attached hydrogen (secondary N) is 2. The SMILES string of the molecule is CC(=N)c1c(F)cc(C)cc1NCCCl. The molecule has 82 valence electrons. The van der Waals surface area contributed by atoms with Crippen LogP contribution in [0.1, 0.15) is 18.1 Å². The van der Waals surface area contributed by atoms with E-state index in [9.17, 15) is 4.39 Å². The Hall–Kier alpha value is -1.09. The Kier molecular flexibility index (Phi) is 4.09. The van der Waals surface area contributed by atoms with Crippen LogP contribution in [0.15, 0.2) is 12.1 Å². The van der Waals surface area contributed by atoms with Gasteiger partial charge in [0.25, 0.3) is 0 Å². The van der Waals surface area contributed by atoms with Crippen LogP contribution in [0.2, 0.25) is 0 Å². The standard InChI is InChI=1S/C11H14ClFN2/c1-7-5-9(13)11(8(2)14)10(6-7)15-4-3-12/h5-6,14-15H,3-4H2,1-2H3. The maximum atomic E-state index is 13.6. The summed E-state index contributed by atoms with van der Waals surface area (Å²) in [6.07, 6.45) is 0. The van der Waals surface area contributed by atoms with Crippen molar-refractivity contribution >= 4 is 23.0 Å². The van der Waals surface area contributed by atoms with Crippen LogP contribution < -0.4 is 5.32 Å². The largest absolute Gasteiger partial charge is 0.383 e. The zero-order valence-corrected chi connectivity index (χ0v) is 9.58. The van der Waals surface area contributed by atoms with Gasteiger partial charge < -0.3 is 10.7 Å². The van der Waals surface area contributed by atoms with Gasteiger partial charge in [-0.25, -0.2) is 4.39 Å². The maximum absolute atomic E-state index is 13.6. The molecule has 1 aromatic rings. The molecule has 0 atom stereocenters. The predicted octanol–water partition coefficient (Wildman–Crippen LogP) is 3.17. The van der Waals surface area contributed by atoms with Crippen molar-refractivity contribution in [3.8, 4) is 0 Å². The molecule has 0 aliphatic rings. The Morgan fingerprint density at radius 2 is 2.20 bits per heavy atom. The van der Waals surface area contributed by atoms with Gasteiger partial charge in [0.15, 0.2) is 0 Å². The van der Waals surface area contributed by atoms with Gasteiger partial charge in [0.2, 0.25) is 0 Å². The van der Waals surface area contributed by atoms with Crippen LogP contribution in [-0.2, 0) is 0 Å². The normalized spacial score (nSPS) is 10.1. The number of benzene rings is 1. The van der Waals surface area contributed by atoms with E-state index in [1.54, 1.807) is 6.92 Å². The topological polar surface area (TPSA) is 35.9 Å². The molecule has 0 aliphatic heterocycles. The van der Waals surface area contributed by atoms with Crippen molar-refractivity contribution < 1.29 is 4.39 Å². The first-order chi connectivity index (χ1) is 7.06. The van der Waals surface area contributed by atoms with Crippen LogP contribution in [0.4, 0.5) is 10.1 Å². The molecule has 0 spiro atoms. The molecule has 0 bridgehead atoms. The fourth-order valence-electron chi connectivity index (χ4n) is 1.44. The summed E-state index contributed by atoms with van der Waals surface area (Å²) in [5, 5.41) is 10.5. The molecule has 0 amide bonds. The van der Waals surface area contributed by atoms with Crippen molar-refractivity contribution in [3.63, 3.8) is 0 Å². The molecule has 0 saturated heterocycles. The molecule has 15 heavy (non-hydrogen) atoms. The van der Waals surface area contributed by atoms with Gasteiger partial charge >= 0.3 is 0 Å². The lowest BCUT2D eigenvalue weighted by atomic mass is 10.1. The van der Waals surface area contributed by atoms with Crippen molar-refractivity contribution in [2.75, 3.05) is 17.7 Å². The summed E-state index contributed by atoms with van der Waals surface area (Å²) >= 11 is 5.55. The summed E-state index contributed by atoms with van der Waals surface area (Å²) in [5.41, 5.74) is 2.01. The van der Waals surface area contributed by atoms with Gasteiger partial charge in [-0.1, -0.05) is 0 Å². The molecule has 0 unspecified atom stereocenters. The summed E-state index contributed by atoms with van der Waals surface area (Å²) < 4.78 is 13.6. The average Bonchev–Trinajstić information content (AvgIpc) is 2.12. The number of rotatable bonds is 4. The number of aryl methyl sites for hydroxylation is 1. The van der Waals surface area contributed by atoms with Crippen LogP contribution in [0.25, 0.3) is 0 Å². The minimum absolute atomic E-state index is 0.213. The van der Waals surface area contributed by atoms with Crippen LogP contribution in [0, 0.1) is 18.2 Å². The van der Waals surface area contributed by atoms with E-state index >= 15 is 0 Å². The Labute approximate surface area is 94.0 Å². The van der Waals surface area contributed by atoms with Gasteiger partial charge in [-0.3, -0.25) is 0 Å². The first kappa shape index (κ1) is 12.0. The number of halogens is 2. The highest BCUT2D eigenvalue weighted by Gasteiger charge is 2.11. The highest BCUT2D eigenvalue weighted by Crippen LogP contribution is 2.21. The highest BCUT2D eigenvalue weighted by atomic mass is 35.5. The van der Waals surface area contributed by atoms with Crippen LogP contribution in [0.5, 0.6) is 0 Å². The van der Waals surface area contributed by atoms with E-state index in [1.807, 2.05) is 13.0 Å². The first-order valence-electron chi connectivity index (χ1n) is 4.71. The molecule has 2 nitrogen and oxygen atoms in total. The predicted molar refractivity (Wildman–Crippen MR) is 62.8 cm³/mol. The summed E-state index contributed by atoms with van der Waals surface area (Å²) in [6, 6.07) is 3.25. The lowest BCUT2D eigenvalue weighted by Crippen LogP contribution is -2.09. The molecule has 1 rings (SSSR count). The number of hydrogen-bond donors (Lipinski definition) is 2. The van der Waals surface area contributed by atoms with Gasteiger partial charge in [-0.05, 0) is 31.5 Å². The van der Waals surface area contributed by atoms with Gasteiger partial charge in [-0.15, -0.1) is 11.6 Å². The first-order valence-corrected chi connectivity index (χ1v) is 5.25. The summed E-state index contributed by atoms with van der Waals surface area (Å²) in [6.45, 7) is 3.95. The molecule has 0 saturated carbocycles. The molecule has 0 fully saturated rings. The van der Waals surface area contributed by atoms with E-state index in [4.69, 9.17) is 17.0 Å². The third-order valence-electron chi connectivity index (χ3n) is 2.02. The average molecular weight is 229 g/mol. The minimum Gasteiger partial charge on any atom is -0.383 e. The molecular weight excluding hydrogens is 215 g/mol. The Bertz CT molecular complexity index is 377. The number of anilines is 1. The third kappa shape index (κ3) is 2.93. The molecule has 1 aromatic carbocycles. The van der Waals surface area contributed by atoms with Crippen molar-refractivity contribution in [2.24, 2.45) is 0 Å². The van der Waals surface area contributed by atoms with Crippen molar-refractivity contribution in [1.29, 1.82) is 5.41 Å². The van der Waals surface area contributed by atoms with Crippen molar-refractivity contribution in [1.82, 2.24) is 0 Å². The van der Waals surface area contributed by atoms with E-state index in [-0.39, 0.29) is 11.5 Å². The zero-order valence-electron chi connectivity index (χ0n) is 8.82. The summed E-state index contributed by atoms with van der Waals surface area (Å²) in [5.74, 6) is 0.0889. The fourth-order valence-corrected chi connectivity index (χ4v) is 1.54. The van der Waals surface area contributed by atoms with E-state index < -0.39 is 0 Å². The van der Waals surface area contributed by atoms with Crippen LogP contribution in [-0.4, -0.2) is 18.1 Å². The monoisotopic (exact) mass is 228 g/mol. The Morgan fingerprint density at radius 3 is 2.73 bits per heavy atom. The fraction of sp³-hybridized carbons (Fsp3) is 0.364. The molecule has 0 radical (unpaired) electrons. The quantitative estimate of drug-likeness (QED) is 0.603. The van der Waals surface area contributed by atoms with Gasteiger partial charge in [0.1, 0.15) is 5.82 Å². The second-order valence-electron chi connectivity index (χ2n) is 3.41. The van der Waals surface area contributed by atoms with Crippen molar-refractivity contribution in [2.45, 2.75) is 13.8 Å². The molecule has 4 heteroatoms. The number of alkyl halides is 1. The van der Waals surface area contributed by atoms with Gasteiger partial charge in [-0.2, -0.15) is 0 Å². The molecule has 0 aliphatic carbocycles. The number of hydrogen-bond acceptors (Lipinski definition) is 2. The smallest absolute Gasteiger partial charge is 0.134 e. The van der Waals surface area contributed by atoms with Crippen LogP contribution >= 0.6 is 11.6 Å². The van der Waals surface area contributed by atoms with E-state index in [1.165, 1.54) is 6.07 Å². The van der Waals surface area contributed by atoms with E-state index in [0.717, 1.165) is 5.56 Å². The zero-order chi connectivity index (χ0) is 11.4. The second kappa shape index (κ2) is 5.12. The Balaban J connectivity index is 3.14. The lowest BCUT2D eigenvalue weighted by Gasteiger charge is -2.12. The summed E-state index contributed by atoms with van der Waals surface area (Å²) in [7, 11) is 0. The lowest BCUT2D eigenvalue weighted by molar-refractivity contribution is 0.624. The van der Waals surface area contributed by atoms with Gasteiger partial charge in [0.05, 0.1) is 5.56 Å². The maximum Gasteiger partial charge on any atom is 0.134 e. The minimum atomic E-state index is -0.362. The van der Waals surface area contributed by atoms with Crippen molar-refractivity contribution in [3.05, 3.63) is 29.1 Å². The molecule has 0 aromatic heterocycles. The molecule has 2 N–H and O–H groups in total. The molecular formula is C11H14ClFN2. The van der Waals surface area contributed by atoms with E-state index in [2.05, 4.69) is 5.32 Å². The molecule has 0 heterocycles. The van der Waals surface area contributed by atoms with E-state index in [0.29, 0.717) is 23.7 Å². The second-order valence-corrected chi connectivity index (χ2v) is 3.79. The Morgan fingerprint density at radius 1 is 1.53 bits per heavy atom. The van der Waals surface area contributed by atoms with Crippen LogP contribution in [0.3, 0.4) is 0 Å². The van der Waals surface area contributed by atoms with Gasteiger partial charge in [0, 0.05) is 23.8 Å².